The number of hydrogen-bond acceptors (Lipinski definition) is 0. The number of rotatable bonds is 0. The molecule has 0 saturated heterocycles. The molecule has 1 heteroatoms. The molecular formula is C12H23N. The molecule has 0 bridgehead atoms. The predicted molar refractivity (Wildman–Crippen MR) is 63.0 cm³/mol. The third-order valence-electron chi connectivity index (χ3n) is 1.73. The van der Waals surface area contributed by atoms with E-state index < -0.39 is 0 Å². The quantitative estimate of drug-likeness (QED) is 0.615. The van der Waals surface area contributed by atoms with E-state index in [0.29, 0.717) is 0 Å². The van der Waals surface area contributed by atoms with Crippen LogP contribution in [0.4, 0.5) is 0 Å². The van der Waals surface area contributed by atoms with Gasteiger partial charge in [0.1, 0.15) is 0 Å². The average Bonchev–Trinajstić information content (AvgIpc) is 2.71. The summed E-state index contributed by atoms with van der Waals surface area (Å²) in [5.41, 5.74) is 2.75. The molecule has 0 amide bonds. The van der Waals surface area contributed by atoms with E-state index in [1.807, 2.05) is 33.9 Å². The lowest BCUT2D eigenvalue weighted by atomic mass is 10.1. The van der Waals surface area contributed by atoms with Crippen molar-refractivity contribution < 1.29 is 1.43 Å². The molecule has 0 fully saturated rings. The van der Waals surface area contributed by atoms with Gasteiger partial charge in [-0.1, -0.05) is 33.8 Å². The molecule has 13 heavy (non-hydrogen) atoms. The van der Waals surface area contributed by atoms with Crippen LogP contribution in [0.25, 0.3) is 6.08 Å². The van der Waals surface area contributed by atoms with Crippen LogP contribution >= 0.6 is 0 Å². The highest BCUT2D eigenvalue weighted by Crippen LogP contribution is 2.16. The molecular weight excluding hydrogens is 158 g/mol. The van der Waals surface area contributed by atoms with E-state index in [2.05, 4.69) is 23.2 Å². The molecule has 1 heterocycles. The van der Waals surface area contributed by atoms with Crippen molar-refractivity contribution in [1.82, 2.24) is 4.98 Å². The molecule has 0 aromatic carbocycles. The first-order chi connectivity index (χ1) is 6.47. The molecule has 1 N–H and O–H groups in total. The number of H-pyrrole nitrogens is 1. The van der Waals surface area contributed by atoms with Gasteiger partial charge in [0, 0.05) is 13.3 Å². The van der Waals surface area contributed by atoms with Crippen LogP contribution in [-0.4, -0.2) is 4.98 Å². The van der Waals surface area contributed by atoms with Crippen molar-refractivity contribution in [2.45, 2.75) is 40.5 Å². The topological polar surface area (TPSA) is 15.8 Å². The van der Waals surface area contributed by atoms with Crippen LogP contribution in [0.3, 0.4) is 0 Å². The van der Waals surface area contributed by atoms with E-state index >= 15 is 0 Å². The molecule has 1 aromatic heterocycles. The summed E-state index contributed by atoms with van der Waals surface area (Å²) in [6, 6.07) is 2.15. The average molecular weight is 181 g/mol. The normalized spacial score (nSPS) is 11.7. The fourth-order valence-electron chi connectivity index (χ4n) is 1.23. The van der Waals surface area contributed by atoms with E-state index in [1.54, 1.807) is 0 Å². The van der Waals surface area contributed by atoms with E-state index in [9.17, 15) is 0 Å². The molecule has 2 rings (SSSR count). The Labute approximate surface area is 83.4 Å². The summed E-state index contributed by atoms with van der Waals surface area (Å²) in [5.74, 6) is 0. The van der Waals surface area contributed by atoms with E-state index in [0.717, 1.165) is 0 Å². The third kappa shape index (κ3) is 3.49. The molecule has 0 spiro atoms. The summed E-state index contributed by atoms with van der Waals surface area (Å²) in [7, 11) is 0. The molecule has 0 saturated carbocycles. The standard InChI is InChI=1S/C8H9N.2C2H6.H2/c1-2-4-8-7(3-1)5-6-9-8;2*1-2;/h2,4-6,9H,1,3H2;2*1-2H3;1H. The molecule has 0 radical (unpaired) electrons. The molecule has 0 unspecified atom stereocenters. The van der Waals surface area contributed by atoms with Gasteiger partial charge in [0.15, 0.2) is 0 Å². The second kappa shape index (κ2) is 7.66. The first-order valence-corrected chi connectivity index (χ1v) is 5.29. The van der Waals surface area contributed by atoms with Crippen molar-refractivity contribution in [2.75, 3.05) is 0 Å². The zero-order chi connectivity index (χ0) is 10.1. The number of fused-ring (bicyclic) bond motifs is 1. The highest BCUT2D eigenvalue weighted by Gasteiger charge is 2.02. The number of aromatic nitrogens is 1. The van der Waals surface area contributed by atoms with Crippen LogP contribution in [0.5, 0.6) is 0 Å². The minimum absolute atomic E-state index is 0. The first-order valence-electron chi connectivity index (χ1n) is 5.29. The highest BCUT2D eigenvalue weighted by atomic mass is 14.7. The lowest BCUT2D eigenvalue weighted by Gasteiger charge is -2.01. The number of allylic oxidation sites excluding steroid dienone is 1. The maximum Gasteiger partial charge on any atom is 0.0409 e. The van der Waals surface area contributed by atoms with E-state index in [-0.39, 0.29) is 1.43 Å². The van der Waals surface area contributed by atoms with Gasteiger partial charge in [0.2, 0.25) is 0 Å². The van der Waals surface area contributed by atoms with E-state index in [1.165, 1.54) is 24.1 Å². The highest BCUT2D eigenvalue weighted by molar-refractivity contribution is 5.52. The molecule has 0 aliphatic heterocycles. The summed E-state index contributed by atoms with van der Waals surface area (Å²) >= 11 is 0. The van der Waals surface area contributed by atoms with Crippen LogP contribution in [0.1, 0.15) is 46.8 Å². The van der Waals surface area contributed by atoms with Crippen molar-refractivity contribution in [3.8, 4) is 0 Å². The summed E-state index contributed by atoms with van der Waals surface area (Å²) in [4.78, 5) is 3.17. The summed E-state index contributed by atoms with van der Waals surface area (Å²) in [6.07, 6.45) is 8.76. The monoisotopic (exact) mass is 181 g/mol. The Hall–Kier alpha value is -0.980. The van der Waals surface area contributed by atoms with Gasteiger partial charge >= 0.3 is 0 Å². The van der Waals surface area contributed by atoms with E-state index in [4.69, 9.17) is 0 Å². The van der Waals surface area contributed by atoms with Crippen LogP contribution in [0.15, 0.2) is 18.3 Å². The fraction of sp³-hybridized carbons (Fsp3) is 0.500. The molecule has 1 aromatic rings. The molecule has 76 valence electrons. The third-order valence-corrected chi connectivity index (χ3v) is 1.73. The zero-order valence-corrected chi connectivity index (χ0v) is 9.22. The lowest BCUT2D eigenvalue weighted by molar-refractivity contribution is 0.985. The summed E-state index contributed by atoms with van der Waals surface area (Å²) < 4.78 is 0. The van der Waals surface area contributed by atoms with Crippen LogP contribution in [0, 0.1) is 0 Å². The van der Waals surface area contributed by atoms with Crippen molar-refractivity contribution in [1.29, 1.82) is 0 Å². The Morgan fingerprint density at radius 1 is 1.23 bits per heavy atom. The van der Waals surface area contributed by atoms with Crippen LogP contribution in [-0.2, 0) is 6.42 Å². The molecule has 0 atom stereocenters. The number of nitrogens with one attached hydrogen (secondary N) is 1. The van der Waals surface area contributed by atoms with Gasteiger partial charge in [-0.15, -0.1) is 0 Å². The van der Waals surface area contributed by atoms with Gasteiger partial charge in [-0.3, -0.25) is 0 Å². The minimum atomic E-state index is 0. The number of aryl methyl sites for hydroxylation is 1. The van der Waals surface area contributed by atoms with Gasteiger partial charge in [-0.05, 0) is 30.5 Å². The summed E-state index contributed by atoms with van der Waals surface area (Å²) in [6.45, 7) is 8.00. The first kappa shape index (κ1) is 12.0. The SMILES string of the molecule is C1=Cc2[nH]ccc2CC1.CC.CC.[HH]. The lowest BCUT2D eigenvalue weighted by Crippen LogP contribution is -1.88. The Balaban J connectivity index is 0. The maximum atomic E-state index is 3.17. The van der Waals surface area contributed by atoms with Crippen LogP contribution < -0.4 is 0 Å². The van der Waals surface area contributed by atoms with Crippen molar-refractivity contribution in [2.24, 2.45) is 0 Å². The Morgan fingerprint density at radius 2 is 1.92 bits per heavy atom. The van der Waals surface area contributed by atoms with Crippen molar-refractivity contribution >= 4 is 6.08 Å². The minimum Gasteiger partial charge on any atom is -0.361 e. The second-order valence-electron chi connectivity index (χ2n) is 2.36. The van der Waals surface area contributed by atoms with Crippen molar-refractivity contribution in [3.05, 3.63) is 29.6 Å². The largest absolute Gasteiger partial charge is 0.361 e. The molecule has 1 nitrogen and oxygen atoms in total. The van der Waals surface area contributed by atoms with Gasteiger partial charge in [-0.25, -0.2) is 0 Å². The second-order valence-corrected chi connectivity index (χ2v) is 2.36. The van der Waals surface area contributed by atoms with Crippen molar-refractivity contribution in [3.63, 3.8) is 0 Å². The van der Waals surface area contributed by atoms with Gasteiger partial charge < -0.3 is 4.98 Å². The Morgan fingerprint density at radius 3 is 2.54 bits per heavy atom. The van der Waals surface area contributed by atoms with Gasteiger partial charge in [0.25, 0.3) is 0 Å². The van der Waals surface area contributed by atoms with Gasteiger partial charge in [0.05, 0.1) is 0 Å². The Bertz CT molecular complexity index is 238. The molecule has 1 aliphatic carbocycles. The Kier molecular flexibility index (Phi) is 7.08. The number of hydrogen-bond donors (Lipinski definition) is 1. The predicted octanol–water partition coefficient (Wildman–Crippen LogP) is 4.27. The fourth-order valence-corrected chi connectivity index (χ4v) is 1.23. The smallest absolute Gasteiger partial charge is 0.0409 e. The number of aromatic amines is 1. The summed E-state index contributed by atoms with van der Waals surface area (Å²) in [5, 5.41) is 0. The van der Waals surface area contributed by atoms with Crippen LogP contribution in [0.2, 0.25) is 0 Å². The maximum absolute atomic E-state index is 3.17. The zero-order valence-electron chi connectivity index (χ0n) is 9.22. The van der Waals surface area contributed by atoms with Gasteiger partial charge in [-0.2, -0.15) is 0 Å². The molecule has 1 aliphatic rings.